The highest BCUT2D eigenvalue weighted by Crippen LogP contribution is 2.29. The Kier molecular flexibility index (Phi) is 4.10. The molecule has 0 amide bonds. The highest BCUT2D eigenvalue weighted by Gasteiger charge is 2.07. The molecule has 1 aromatic rings. The maximum atomic E-state index is 13.3. The van der Waals surface area contributed by atoms with Crippen molar-refractivity contribution in [3.63, 3.8) is 0 Å². The van der Waals surface area contributed by atoms with E-state index in [1.165, 1.54) is 19.3 Å². The van der Waals surface area contributed by atoms with Crippen LogP contribution in [-0.4, -0.2) is 18.8 Å². The zero-order valence-electron chi connectivity index (χ0n) is 7.63. The largest absolute Gasteiger partial charge is 0.492 e. The van der Waals surface area contributed by atoms with Crippen molar-refractivity contribution in [1.82, 2.24) is 0 Å². The van der Waals surface area contributed by atoms with Gasteiger partial charge in [0.25, 0.3) is 0 Å². The molecule has 4 heteroatoms. The van der Waals surface area contributed by atoms with Crippen LogP contribution >= 0.6 is 15.9 Å². The minimum Gasteiger partial charge on any atom is -0.492 e. The summed E-state index contributed by atoms with van der Waals surface area (Å²) in [5.41, 5.74) is 0.671. The number of rotatable bonds is 3. The van der Waals surface area contributed by atoms with E-state index in [0.717, 1.165) is 0 Å². The lowest BCUT2D eigenvalue weighted by molar-refractivity contribution is 0.343. The fraction of sp³-hybridized carbons (Fsp3) is 0.200. The topological polar surface area (TPSA) is 29.5 Å². The molecule has 1 rings (SSSR count). The van der Waals surface area contributed by atoms with Crippen LogP contribution in [0.4, 0.5) is 4.39 Å². The minimum atomic E-state index is -0.431. The second kappa shape index (κ2) is 5.12. The summed E-state index contributed by atoms with van der Waals surface area (Å²) < 4.78 is 18.7. The average molecular weight is 261 g/mol. The van der Waals surface area contributed by atoms with E-state index in [2.05, 4.69) is 15.9 Å². The Hall–Kier alpha value is -0.870. The highest BCUT2D eigenvalue weighted by molar-refractivity contribution is 9.10. The third kappa shape index (κ3) is 2.56. The van der Waals surface area contributed by atoms with E-state index in [0.29, 0.717) is 10.0 Å². The third-order valence-electron chi connectivity index (χ3n) is 1.64. The van der Waals surface area contributed by atoms with Crippen LogP contribution in [0.25, 0.3) is 6.08 Å². The van der Waals surface area contributed by atoms with Crippen molar-refractivity contribution < 1.29 is 14.2 Å². The second-order valence-electron chi connectivity index (χ2n) is 2.60. The van der Waals surface area contributed by atoms with Crippen LogP contribution in [0.1, 0.15) is 5.56 Å². The van der Waals surface area contributed by atoms with Gasteiger partial charge < -0.3 is 9.84 Å². The first kappa shape index (κ1) is 11.2. The fourth-order valence-electron chi connectivity index (χ4n) is 1.06. The van der Waals surface area contributed by atoms with Crippen molar-refractivity contribution in [3.05, 3.63) is 34.1 Å². The molecule has 0 aliphatic carbocycles. The van der Waals surface area contributed by atoms with Gasteiger partial charge in [-0.15, -0.1) is 0 Å². The molecule has 0 aliphatic heterocycles. The van der Waals surface area contributed by atoms with E-state index in [4.69, 9.17) is 9.84 Å². The molecule has 0 atom stereocenters. The standard InChI is InChI=1S/C10H10BrFO2/c1-14-10-8(11)5-7(3-2-4-13)6-9(10)12/h2-3,5-6,13H,4H2,1H3/b3-2+. The van der Waals surface area contributed by atoms with E-state index < -0.39 is 5.82 Å². The molecular weight excluding hydrogens is 251 g/mol. The Bertz CT molecular complexity index is 327. The van der Waals surface area contributed by atoms with E-state index in [1.807, 2.05) is 0 Å². The summed E-state index contributed by atoms with van der Waals surface area (Å²) >= 11 is 3.19. The van der Waals surface area contributed by atoms with Gasteiger partial charge in [-0.25, -0.2) is 4.39 Å². The lowest BCUT2D eigenvalue weighted by Gasteiger charge is -2.05. The maximum absolute atomic E-state index is 13.3. The molecule has 0 heterocycles. The molecule has 1 aromatic carbocycles. The minimum absolute atomic E-state index is 0.0642. The zero-order valence-corrected chi connectivity index (χ0v) is 9.21. The van der Waals surface area contributed by atoms with E-state index in [9.17, 15) is 4.39 Å². The summed E-state index contributed by atoms with van der Waals surface area (Å²) in [7, 11) is 1.41. The van der Waals surface area contributed by atoms with Gasteiger partial charge in [0.15, 0.2) is 11.6 Å². The third-order valence-corrected chi connectivity index (χ3v) is 2.23. The predicted octanol–water partition coefficient (Wildman–Crippen LogP) is 2.60. The molecule has 0 aromatic heterocycles. The van der Waals surface area contributed by atoms with Crippen molar-refractivity contribution in [2.45, 2.75) is 0 Å². The van der Waals surface area contributed by atoms with Crippen LogP contribution in [0.3, 0.4) is 0 Å². The molecule has 0 aliphatic rings. The second-order valence-corrected chi connectivity index (χ2v) is 3.46. The van der Waals surface area contributed by atoms with E-state index in [-0.39, 0.29) is 12.4 Å². The Morgan fingerprint density at radius 1 is 1.57 bits per heavy atom. The van der Waals surface area contributed by atoms with Gasteiger partial charge in [-0.3, -0.25) is 0 Å². The summed E-state index contributed by atoms with van der Waals surface area (Å²) in [5, 5.41) is 8.55. The van der Waals surface area contributed by atoms with Gasteiger partial charge in [-0.2, -0.15) is 0 Å². The van der Waals surface area contributed by atoms with Crippen molar-refractivity contribution in [2.75, 3.05) is 13.7 Å². The summed E-state index contributed by atoms with van der Waals surface area (Å²) in [6.07, 6.45) is 3.17. The lowest BCUT2D eigenvalue weighted by Crippen LogP contribution is -1.90. The van der Waals surface area contributed by atoms with Crippen LogP contribution in [0, 0.1) is 5.82 Å². The van der Waals surface area contributed by atoms with Crippen molar-refractivity contribution >= 4 is 22.0 Å². The van der Waals surface area contributed by atoms with Crippen LogP contribution in [0.5, 0.6) is 5.75 Å². The summed E-state index contributed by atoms with van der Waals surface area (Å²) in [6.45, 7) is -0.0642. The van der Waals surface area contributed by atoms with Crippen molar-refractivity contribution in [2.24, 2.45) is 0 Å². The fourth-order valence-corrected chi connectivity index (χ4v) is 1.68. The molecule has 0 radical (unpaired) electrons. The number of hydrogen-bond donors (Lipinski definition) is 1. The van der Waals surface area contributed by atoms with Crippen LogP contribution < -0.4 is 4.74 Å². The molecule has 0 saturated carbocycles. The van der Waals surface area contributed by atoms with Gasteiger partial charge in [0, 0.05) is 0 Å². The van der Waals surface area contributed by atoms with E-state index in [1.54, 1.807) is 12.1 Å². The van der Waals surface area contributed by atoms with Crippen molar-refractivity contribution in [3.8, 4) is 5.75 Å². The number of halogens is 2. The number of benzene rings is 1. The van der Waals surface area contributed by atoms with Crippen LogP contribution in [-0.2, 0) is 0 Å². The molecule has 76 valence electrons. The molecule has 2 nitrogen and oxygen atoms in total. The highest BCUT2D eigenvalue weighted by atomic mass is 79.9. The number of ether oxygens (including phenoxy) is 1. The molecule has 0 bridgehead atoms. The molecule has 0 saturated heterocycles. The molecule has 14 heavy (non-hydrogen) atoms. The first-order valence-corrected chi connectivity index (χ1v) is 4.78. The normalized spacial score (nSPS) is 10.9. The van der Waals surface area contributed by atoms with Gasteiger partial charge in [-0.1, -0.05) is 12.2 Å². The average Bonchev–Trinajstić information content (AvgIpc) is 2.14. The number of aliphatic hydroxyl groups is 1. The number of hydrogen-bond acceptors (Lipinski definition) is 2. The van der Waals surface area contributed by atoms with Gasteiger partial charge in [0.05, 0.1) is 18.2 Å². The van der Waals surface area contributed by atoms with Crippen LogP contribution in [0.2, 0.25) is 0 Å². The quantitative estimate of drug-likeness (QED) is 0.906. The summed E-state index contributed by atoms with van der Waals surface area (Å²) in [5.74, 6) is -0.245. The van der Waals surface area contributed by atoms with E-state index >= 15 is 0 Å². The zero-order chi connectivity index (χ0) is 10.6. The molecule has 0 unspecified atom stereocenters. The Morgan fingerprint density at radius 2 is 2.29 bits per heavy atom. The summed E-state index contributed by atoms with van der Waals surface area (Å²) in [6, 6.07) is 3.06. The van der Waals surface area contributed by atoms with Crippen LogP contribution in [0.15, 0.2) is 22.7 Å². The first-order chi connectivity index (χ1) is 6.69. The first-order valence-electron chi connectivity index (χ1n) is 3.99. The summed E-state index contributed by atoms with van der Waals surface area (Å²) in [4.78, 5) is 0. The number of methoxy groups -OCH3 is 1. The maximum Gasteiger partial charge on any atom is 0.168 e. The SMILES string of the molecule is COc1c(F)cc(/C=C/CO)cc1Br. The Morgan fingerprint density at radius 3 is 2.79 bits per heavy atom. The molecule has 1 N–H and O–H groups in total. The molecule has 0 spiro atoms. The van der Waals surface area contributed by atoms with Gasteiger partial charge >= 0.3 is 0 Å². The van der Waals surface area contributed by atoms with Gasteiger partial charge in [-0.05, 0) is 33.6 Å². The smallest absolute Gasteiger partial charge is 0.168 e. The monoisotopic (exact) mass is 260 g/mol. The lowest BCUT2D eigenvalue weighted by atomic mass is 10.2. The molecule has 0 fully saturated rings. The van der Waals surface area contributed by atoms with Gasteiger partial charge in [0.2, 0.25) is 0 Å². The number of aliphatic hydroxyl groups excluding tert-OH is 1. The molecular formula is C10H10BrFO2. The van der Waals surface area contributed by atoms with Crippen molar-refractivity contribution in [1.29, 1.82) is 0 Å². The Labute approximate surface area is 90.1 Å². The predicted molar refractivity (Wildman–Crippen MR) is 56.8 cm³/mol. The Balaban J connectivity index is 3.07. The van der Waals surface area contributed by atoms with Gasteiger partial charge in [0.1, 0.15) is 0 Å².